The Labute approximate surface area is 131 Å². The molecule has 0 fully saturated rings. The molecule has 0 bridgehead atoms. The van der Waals surface area contributed by atoms with E-state index in [0.29, 0.717) is 12.0 Å². The van der Waals surface area contributed by atoms with Crippen molar-refractivity contribution < 1.29 is 14.6 Å². The highest BCUT2D eigenvalue weighted by atomic mass is 79.9. The lowest BCUT2D eigenvalue weighted by molar-refractivity contribution is -0.142. The fourth-order valence-corrected chi connectivity index (χ4v) is 2.32. The van der Waals surface area contributed by atoms with E-state index < -0.39 is 12.0 Å². The minimum Gasteiger partial charge on any atom is -0.507 e. The van der Waals surface area contributed by atoms with Gasteiger partial charge in [0.15, 0.2) is 0 Å². The fourth-order valence-electron chi connectivity index (χ4n) is 2.06. The van der Waals surface area contributed by atoms with E-state index in [4.69, 9.17) is 5.73 Å². The fraction of sp³-hybridized carbons (Fsp3) is 0.188. The number of benzene rings is 2. The van der Waals surface area contributed by atoms with Gasteiger partial charge in [0.25, 0.3) is 0 Å². The van der Waals surface area contributed by atoms with Crippen LogP contribution in [-0.4, -0.2) is 24.2 Å². The second-order valence-electron chi connectivity index (χ2n) is 4.69. The van der Waals surface area contributed by atoms with Gasteiger partial charge in [-0.1, -0.05) is 34.1 Å². The summed E-state index contributed by atoms with van der Waals surface area (Å²) in [5.74, 6) is -0.263. The Morgan fingerprint density at radius 3 is 2.57 bits per heavy atom. The molecule has 0 saturated heterocycles. The van der Waals surface area contributed by atoms with Crippen molar-refractivity contribution >= 4 is 21.9 Å². The Kier molecular flexibility index (Phi) is 4.98. The molecule has 0 spiro atoms. The van der Waals surface area contributed by atoms with Crippen molar-refractivity contribution in [3.8, 4) is 16.9 Å². The van der Waals surface area contributed by atoms with Gasteiger partial charge in [0.1, 0.15) is 11.8 Å². The molecular formula is C16H16BrNO3. The number of nitrogens with two attached hydrogens (primary N) is 1. The first-order valence-corrected chi connectivity index (χ1v) is 7.22. The zero-order valence-corrected chi connectivity index (χ0v) is 13.1. The number of ether oxygens (including phenoxy) is 1. The number of rotatable bonds is 4. The largest absolute Gasteiger partial charge is 0.507 e. The van der Waals surface area contributed by atoms with Gasteiger partial charge >= 0.3 is 5.97 Å². The summed E-state index contributed by atoms with van der Waals surface area (Å²) in [6, 6.07) is 12.1. The number of esters is 1. The van der Waals surface area contributed by atoms with E-state index in [9.17, 15) is 9.90 Å². The number of carbonyl (C=O) groups is 1. The number of carbonyl (C=O) groups excluding carboxylic acids is 1. The Hall–Kier alpha value is -1.85. The third kappa shape index (κ3) is 3.83. The zero-order valence-electron chi connectivity index (χ0n) is 11.5. The zero-order chi connectivity index (χ0) is 15.4. The van der Waals surface area contributed by atoms with Gasteiger partial charge in [-0.2, -0.15) is 0 Å². The van der Waals surface area contributed by atoms with Crippen molar-refractivity contribution in [1.29, 1.82) is 0 Å². The first kappa shape index (κ1) is 15.5. The molecule has 5 heteroatoms. The number of methoxy groups -OCH3 is 1. The average Bonchev–Trinajstić information content (AvgIpc) is 2.49. The van der Waals surface area contributed by atoms with Gasteiger partial charge in [0.2, 0.25) is 0 Å². The minimum absolute atomic E-state index is 0.188. The van der Waals surface area contributed by atoms with Crippen LogP contribution >= 0.6 is 15.9 Å². The van der Waals surface area contributed by atoms with Crippen LogP contribution in [0.4, 0.5) is 0 Å². The van der Waals surface area contributed by atoms with E-state index in [1.54, 1.807) is 12.1 Å². The topological polar surface area (TPSA) is 72.5 Å². The SMILES string of the molecule is COC(=O)[C@@H](N)Cc1ccc(O)c(-c2ccc(Br)cc2)c1. The molecule has 4 nitrogen and oxygen atoms in total. The average molecular weight is 350 g/mol. The molecule has 21 heavy (non-hydrogen) atoms. The number of phenols is 1. The van der Waals surface area contributed by atoms with Gasteiger partial charge in [-0.05, 0) is 41.8 Å². The summed E-state index contributed by atoms with van der Waals surface area (Å²) in [7, 11) is 1.31. The van der Waals surface area contributed by atoms with Crippen LogP contribution < -0.4 is 5.73 Å². The van der Waals surface area contributed by atoms with Crippen molar-refractivity contribution in [3.05, 3.63) is 52.5 Å². The van der Waals surface area contributed by atoms with Crippen molar-refractivity contribution in [2.75, 3.05) is 7.11 Å². The number of phenolic OH excluding ortho intramolecular Hbond substituents is 1. The molecule has 0 saturated carbocycles. The third-order valence-electron chi connectivity index (χ3n) is 3.18. The summed E-state index contributed by atoms with van der Waals surface area (Å²) in [6.07, 6.45) is 0.358. The van der Waals surface area contributed by atoms with Gasteiger partial charge in [0, 0.05) is 10.0 Å². The Balaban J connectivity index is 2.29. The highest BCUT2D eigenvalue weighted by molar-refractivity contribution is 9.10. The smallest absolute Gasteiger partial charge is 0.322 e. The highest BCUT2D eigenvalue weighted by Gasteiger charge is 2.15. The van der Waals surface area contributed by atoms with Crippen LogP contribution in [0.2, 0.25) is 0 Å². The van der Waals surface area contributed by atoms with Gasteiger partial charge in [0.05, 0.1) is 7.11 Å². The maximum atomic E-state index is 11.4. The molecule has 3 N–H and O–H groups in total. The lowest BCUT2D eigenvalue weighted by Crippen LogP contribution is -2.33. The number of halogens is 1. The van der Waals surface area contributed by atoms with Crippen LogP contribution in [-0.2, 0) is 16.0 Å². The molecule has 2 rings (SSSR count). The normalized spacial score (nSPS) is 12.0. The molecular weight excluding hydrogens is 334 g/mol. The molecule has 0 heterocycles. The summed E-state index contributed by atoms with van der Waals surface area (Å²) in [4.78, 5) is 11.4. The third-order valence-corrected chi connectivity index (χ3v) is 3.70. The second kappa shape index (κ2) is 6.74. The molecule has 0 amide bonds. The van der Waals surface area contributed by atoms with E-state index in [0.717, 1.165) is 15.6 Å². The molecule has 0 aliphatic carbocycles. The van der Waals surface area contributed by atoms with Gasteiger partial charge in [-0.3, -0.25) is 4.79 Å². The van der Waals surface area contributed by atoms with E-state index in [2.05, 4.69) is 20.7 Å². The summed E-state index contributed by atoms with van der Waals surface area (Å²) >= 11 is 3.38. The Bertz CT molecular complexity index is 640. The molecule has 2 aromatic carbocycles. The predicted octanol–water partition coefficient (Wildman–Crippen LogP) is 2.86. The molecule has 0 radical (unpaired) electrons. The minimum atomic E-state index is -0.711. The number of hydrogen-bond donors (Lipinski definition) is 2. The lowest BCUT2D eigenvalue weighted by Gasteiger charge is -2.12. The number of hydrogen-bond acceptors (Lipinski definition) is 4. The van der Waals surface area contributed by atoms with Crippen LogP contribution in [0.25, 0.3) is 11.1 Å². The van der Waals surface area contributed by atoms with Crippen LogP contribution in [0.3, 0.4) is 0 Å². The Morgan fingerprint density at radius 2 is 1.95 bits per heavy atom. The maximum absolute atomic E-state index is 11.4. The van der Waals surface area contributed by atoms with E-state index in [1.807, 2.05) is 30.3 Å². The van der Waals surface area contributed by atoms with Gasteiger partial charge in [-0.25, -0.2) is 0 Å². The van der Waals surface area contributed by atoms with Crippen LogP contribution in [0.1, 0.15) is 5.56 Å². The molecule has 0 aliphatic heterocycles. The summed E-state index contributed by atoms with van der Waals surface area (Å²) in [5, 5.41) is 10.0. The van der Waals surface area contributed by atoms with Gasteiger partial charge < -0.3 is 15.6 Å². The quantitative estimate of drug-likeness (QED) is 0.832. The molecule has 2 aromatic rings. The van der Waals surface area contributed by atoms with Crippen LogP contribution in [0.15, 0.2) is 46.9 Å². The molecule has 0 aliphatic rings. The summed E-state index contributed by atoms with van der Waals surface area (Å²) < 4.78 is 5.58. The predicted molar refractivity (Wildman–Crippen MR) is 84.9 cm³/mol. The summed E-state index contributed by atoms with van der Waals surface area (Å²) in [5.41, 5.74) is 8.23. The van der Waals surface area contributed by atoms with E-state index in [1.165, 1.54) is 7.11 Å². The highest BCUT2D eigenvalue weighted by Crippen LogP contribution is 2.31. The monoisotopic (exact) mass is 349 g/mol. The molecule has 110 valence electrons. The van der Waals surface area contributed by atoms with Crippen LogP contribution in [0.5, 0.6) is 5.75 Å². The standard InChI is InChI=1S/C16H16BrNO3/c1-21-16(20)14(18)9-10-2-7-15(19)13(8-10)11-3-5-12(17)6-4-11/h2-8,14,19H,9,18H2,1H3/t14-/m0/s1. The van der Waals surface area contributed by atoms with Crippen molar-refractivity contribution in [2.45, 2.75) is 12.5 Å². The summed E-state index contributed by atoms with van der Waals surface area (Å²) in [6.45, 7) is 0. The van der Waals surface area contributed by atoms with Crippen molar-refractivity contribution in [1.82, 2.24) is 0 Å². The van der Waals surface area contributed by atoms with E-state index >= 15 is 0 Å². The molecule has 0 aromatic heterocycles. The van der Waals surface area contributed by atoms with Crippen LogP contribution in [0, 0.1) is 0 Å². The first-order valence-electron chi connectivity index (χ1n) is 6.42. The molecule has 1 atom stereocenters. The molecule has 0 unspecified atom stereocenters. The number of aromatic hydroxyl groups is 1. The Morgan fingerprint density at radius 1 is 1.29 bits per heavy atom. The first-order chi connectivity index (χ1) is 10.0. The van der Waals surface area contributed by atoms with Crippen molar-refractivity contribution in [2.24, 2.45) is 5.73 Å². The van der Waals surface area contributed by atoms with E-state index in [-0.39, 0.29) is 5.75 Å². The maximum Gasteiger partial charge on any atom is 0.322 e. The second-order valence-corrected chi connectivity index (χ2v) is 5.61. The van der Waals surface area contributed by atoms with Crippen molar-refractivity contribution in [3.63, 3.8) is 0 Å². The van der Waals surface area contributed by atoms with Gasteiger partial charge in [-0.15, -0.1) is 0 Å². The lowest BCUT2D eigenvalue weighted by atomic mass is 9.99.